The number of benzene rings is 1. The topological polar surface area (TPSA) is 83.5 Å². The summed E-state index contributed by atoms with van der Waals surface area (Å²) in [4.78, 5) is 29.0. The highest BCUT2D eigenvalue weighted by Gasteiger charge is 2.30. The van der Waals surface area contributed by atoms with Gasteiger partial charge in [-0.1, -0.05) is 0 Å². The van der Waals surface area contributed by atoms with Gasteiger partial charge in [-0.15, -0.1) is 0 Å². The maximum absolute atomic E-state index is 12.7. The summed E-state index contributed by atoms with van der Waals surface area (Å²) in [5.74, 6) is 1.40. The Morgan fingerprint density at radius 1 is 1.22 bits per heavy atom. The second-order valence-corrected chi connectivity index (χ2v) is 7.01. The van der Waals surface area contributed by atoms with E-state index in [1.54, 1.807) is 7.11 Å². The van der Waals surface area contributed by atoms with Crippen LogP contribution in [0.25, 0.3) is 0 Å². The van der Waals surface area contributed by atoms with Crippen molar-refractivity contribution in [2.24, 2.45) is 0 Å². The number of hydrogen-bond donors (Lipinski definition) is 1. The van der Waals surface area contributed by atoms with Crippen LogP contribution in [0.3, 0.4) is 0 Å². The van der Waals surface area contributed by atoms with Crippen LogP contribution in [0.5, 0.6) is 5.75 Å². The van der Waals surface area contributed by atoms with Crippen LogP contribution in [0, 0.1) is 0 Å². The average molecular weight is 389 g/mol. The molecule has 9 heteroatoms. The van der Waals surface area contributed by atoms with Crippen molar-refractivity contribution in [1.29, 1.82) is 0 Å². The number of carbonyl (C=O) groups excluding carboxylic acids is 1. The number of halogens is 1. The minimum Gasteiger partial charge on any atom is -0.497 e. The van der Waals surface area contributed by atoms with Crippen LogP contribution in [0.4, 0.5) is 16.4 Å². The lowest BCUT2D eigenvalue weighted by Crippen LogP contribution is -2.49. The zero-order chi connectivity index (χ0) is 18.8. The van der Waals surface area contributed by atoms with Crippen molar-refractivity contribution in [2.45, 2.75) is 25.3 Å². The first-order valence-electron chi connectivity index (χ1n) is 8.98. The van der Waals surface area contributed by atoms with Crippen molar-refractivity contribution in [2.75, 3.05) is 37.0 Å². The van der Waals surface area contributed by atoms with Crippen molar-refractivity contribution in [3.05, 3.63) is 35.4 Å². The van der Waals surface area contributed by atoms with Crippen LogP contribution in [0.2, 0.25) is 5.28 Å². The van der Waals surface area contributed by atoms with Gasteiger partial charge in [-0.3, -0.25) is 0 Å². The van der Waals surface area contributed by atoms with Gasteiger partial charge < -0.3 is 19.9 Å². The van der Waals surface area contributed by atoms with Crippen LogP contribution in [-0.2, 0) is 6.42 Å². The zero-order valence-electron chi connectivity index (χ0n) is 15.1. The van der Waals surface area contributed by atoms with Gasteiger partial charge in [0.15, 0.2) is 0 Å². The number of urea groups is 1. The normalized spacial score (nSPS) is 17.9. The maximum atomic E-state index is 12.7. The third-order valence-corrected chi connectivity index (χ3v) is 5.34. The van der Waals surface area contributed by atoms with Gasteiger partial charge in [-0.05, 0) is 54.6 Å². The van der Waals surface area contributed by atoms with Crippen molar-refractivity contribution >= 4 is 29.3 Å². The molecule has 2 aliphatic heterocycles. The number of nitrogens with zero attached hydrogens (tertiary/aromatic N) is 5. The fourth-order valence-corrected chi connectivity index (χ4v) is 3.82. The van der Waals surface area contributed by atoms with Crippen molar-refractivity contribution in [1.82, 2.24) is 19.9 Å². The Morgan fingerprint density at radius 3 is 2.78 bits per heavy atom. The Hall–Kier alpha value is -2.61. The molecule has 2 aromatic rings. The molecule has 4 rings (SSSR count). The lowest BCUT2D eigenvalue weighted by Gasteiger charge is -2.37. The van der Waals surface area contributed by atoms with E-state index in [0.29, 0.717) is 12.5 Å². The monoisotopic (exact) mass is 388 g/mol. The number of anilines is 2. The molecule has 0 spiro atoms. The number of fused-ring (bicyclic) bond motifs is 1. The highest BCUT2D eigenvalue weighted by atomic mass is 35.5. The lowest BCUT2D eigenvalue weighted by molar-refractivity contribution is 0.177. The van der Waals surface area contributed by atoms with Crippen LogP contribution in [0.15, 0.2) is 24.5 Å². The fourth-order valence-electron chi connectivity index (χ4n) is 3.70. The Morgan fingerprint density at radius 2 is 2.04 bits per heavy atom. The largest absolute Gasteiger partial charge is 0.497 e. The van der Waals surface area contributed by atoms with E-state index in [4.69, 9.17) is 16.3 Å². The second-order valence-electron chi connectivity index (χ2n) is 6.67. The molecule has 1 N–H and O–H groups in total. The first kappa shape index (κ1) is 17.8. The molecule has 1 aromatic carbocycles. The van der Waals surface area contributed by atoms with Crippen LogP contribution >= 0.6 is 11.6 Å². The van der Waals surface area contributed by atoms with Crippen LogP contribution < -0.4 is 15.0 Å². The molecule has 1 aromatic heterocycles. The highest BCUT2D eigenvalue weighted by molar-refractivity contribution is 6.28. The van der Waals surface area contributed by atoms with Crippen molar-refractivity contribution in [3.8, 4) is 5.75 Å². The quantitative estimate of drug-likeness (QED) is 0.870. The first-order valence-corrected chi connectivity index (χ1v) is 9.36. The number of piperidine rings is 1. The number of nitrogens with one attached hydrogen (secondary N) is 1. The van der Waals surface area contributed by atoms with E-state index in [1.807, 2.05) is 23.1 Å². The number of rotatable bonds is 3. The summed E-state index contributed by atoms with van der Waals surface area (Å²) in [7, 11) is 1.65. The molecular formula is C18H21ClN6O2. The molecule has 0 atom stereocenters. The molecule has 27 heavy (non-hydrogen) atoms. The molecule has 1 fully saturated rings. The Bertz CT molecular complexity index is 840. The van der Waals surface area contributed by atoms with E-state index in [2.05, 4.69) is 25.2 Å². The number of ether oxygens (including phenoxy) is 1. The molecule has 3 heterocycles. The Balaban J connectivity index is 1.42. The first-order chi connectivity index (χ1) is 13.1. The predicted octanol–water partition coefficient (Wildman–Crippen LogP) is 2.59. The Kier molecular flexibility index (Phi) is 4.98. The predicted molar refractivity (Wildman–Crippen MR) is 102 cm³/mol. The van der Waals surface area contributed by atoms with Gasteiger partial charge in [0.25, 0.3) is 0 Å². The van der Waals surface area contributed by atoms with Crippen molar-refractivity contribution in [3.63, 3.8) is 0 Å². The minimum atomic E-state index is -0.0411. The van der Waals surface area contributed by atoms with Gasteiger partial charge in [0.1, 0.15) is 12.1 Å². The molecule has 8 nitrogen and oxygen atoms in total. The number of methoxy groups -OCH3 is 1. The summed E-state index contributed by atoms with van der Waals surface area (Å²) in [6, 6.07) is 5.91. The molecule has 2 amide bonds. The molecule has 0 unspecified atom stereocenters. The molecular weight excluding hydrogens is 368 g/mol. The van der Waals surface area contributed by atoms with E-state index in [1.165, 1.54) is 6.33 Å². The molecule has 0 radical (unpaired) electrons. The van der Waals surface area contributed by atoms with Gasteiger partial charge in [0.05, 0.1) is 7.11 Å². The third-order valence-electron chi connectivity index (χ3n) is 5.15. The summed E-state index contributed by atoms with van der Waals surface area (Å²) in [5, 5.41) is 3.24. The van der Waals surface area contributed by atoms with Gasteiger partial charge >= 0.3 is 6.03 Å². The number of aromatic nitrogens is 3. The van der Waals surface area contributed by atoms with Crippen LogP contribution in [-0.4, -0.2) is 58.7 Å². The molecule has 0 bridgehead atoms. The molecule has 1 saturated heterocycles. The van der Waals surface area contributed by atoms with Gasteiger partial charge in [0, 0.05) is 31.4 Å². The lowest BCUT2D eigenvalue weighted by atomic mass is 10.0. The zero-order valence-corrected chi connectivity index (χ0v) is 15.8. The van der Waals surface area contributed by atoms with E-state index < -0.39 is 0 Å². The van der Waals surface area contributed by atoms with E-state index in [-0.39, 0.29) is 17.4 Å². The van der Waals surface area contributed by atoms with Gasteiger partial charge in [-0.2, -0.15) is 4.98 Å². The summed E-state index contributed by atoms with van der Waals surface area (Å²) in [6.07, 6.45) is 3.94. The van der Waals surface area contributed by atoms with Crippen molar-refractivity contribution < 1.29 is 9.53 Å². The number of carbonyl (C=O) groups is 1. The number of hydrogen-bond acceptors (Lipinski definition) is 6. The van der Waals surface area contributed by atoms with E-state index >= 15 is 0 Å². The fraction of sp³-hybridized carbons (Fsp3) is 0.444. The average Bonchev–Trinajstić information content (AvgIpc) is 2.85. The molecule has 2 aliphatic rings. The third kappa shape index (κ3) is 3.75. The Labute approximate surface area is 162 Å². The minimum absolute atomic E-state index is 0.0411. The van der Waals surface area contributed by atoms with Gasteiger partial charge in [-0.25, -0.2) is 14.8 Å². The highest BCUT2D eigenvalue weighted by Crippen LogP contribution is 2.28. The maximum Gasteiger partial charge on any atom is 0.322 e. The summed E-state index contributed by atoms with van der Waals surface area (Å²) >= 11 is 5.86. The molecule has 142 valence electrons. The van der Waals surface area contributed by atoms with E-state index in [0.717, 1.165) is 49.4 Å². The van der Waals surface area contributed by atoms with E-state index in [9.17, 15) is 4.79 Å². The van der Waals surface area contributed by atoms with Crippen LogP contribution in [0.1, 0.15) is 18.4 Å². The second kappa shape index (κ2) is 7.56. The molecule has 0 aliphatic carbocycles. The smallest absolute Gasteiger partial charge is 0.322 e. The summed E-state index contributed by atoms with van der Waals surface area (Å²) < 4.78 is 5.30. The SMILES string of the molecule is COc1ccc2c(c1)CCN(C1CCN(c3ncnc(Cl)n3)CC1)C(=O)N2. The standard InChI is InChI=1S/C18H21ClN6O2/c1-27-14-2-3-15-12(10-14)4-9-25(18(26)22-15)13-5-7-24(8-6-13)17-21-11-20-16(19)23-17/h2-3,10-11,13H,4-9H2,1H3,(H,22,26). The summed E-state index contributed by atoms with van der Waals surface area (Å²) in [6.45, 7) is 2.24. The molecule has 0 saturated carbocycles. The number of amides is 2. The summed E-state index contributed by atoms with van der Waals surface area (Å²) in [5.41, 5.74) is 1.96. The van der Waals surface area contributed by atoms with Gasteiger partial charge in [0.2, 0.25) is 11.2 Å².